The highest BCUT2D eigenvalue weighted by Gasteiger charge is 2.36. The molecule has 0 aliphatic carbocycles. The number of para-hydroxylation sites is 1. The second kappa shape index (κ2) is 11.6. The number of amides is 1. The van der Waals surface area contributed by atoms with Crippen LogP contribution < -0.4 is 9.47 Å². The molecule has 7 nitrogen and oxygen atoms in total. The van der Waals surface area contributed by atoms with Crippen LogP contribution in [0.25, 0.3) is 0 Å². The van der Waals surface area contributed by atoms with Crippen molar-refractivity contribution in [1.82, 2.24) is 9.21 Å². The molecule has 2 atom stereocenters. The van der Waals surface area contributed by atoms with Crippen LogP contribution in [-0.2, 0) is 21.2 Å². The van der Waals surface area contributed by atoms with E-state index in [2.05, 4.69) is 0 Å². The number of methoxy groups -OCH3 is 1. The molecule has 1 aromatic heterocycles. The quantitative estimate of drug-likeness (QED) is 0.362. The van der Waals surface area contributed by atoms with Gasteiger partial charge in [-0.15, -0.1) is 11.3 Å². The zero-order valence-electron chi connectivity index (χ0n) is 21.1. The largest absolute Gasteiger partial charge is 0.497 e. The van der Waals surface area contributed by atoms with Gasteiger partial charge >= 0.3 is 0 Å². The summed E-state index contributed by atoms with van der Waals surface area (Å²) < 4.78 is 53.6. The van der Waals surface area contributed by atoms with E-state index in [1.165, 1.54) is 29.6 Å². The molecule has 1 amide bonds. The van der Waals surface area contributed by atoms with E-state index in [0.717, 1.165) is 10.4 Å². The van der Waals surface area contributed by atoms with Crippen molar-refractivity contribution < 1.29 is 27.1 Å². The van der Waals surface area contributed by atoms with E-state index in [1.54, 1.807) is 53.5 Å². The van der Waals surface area contributed by atoms with Crippen molar-refractivity contribution in [2.45, 2.75) is 43.7 Å². The van der Waals surface area contributed by atoms with E-state index in [4.69, 9.17) is 9.47 Å². The van der Waals surface area contributed by atoms with Crippen molar-refractivity contribution in [3.63, 3.8) is 0 Å². The molecular weight excluding hydrogens is 515 g/mol. The monoisotopic (exact) mass is 546 g/mol. The molecule has 198 valence electrons. The molecule has 1 aliphatic heterocycles. The van der Waals surface area contributed by atoms with Gasteiger partial charge in [0.15, 0.2) is 11.6 Å². The number of benzene rings is 2. The maximum Gasteiger partial charge on any atom is 0.243 e. The van der Waals surface area contributed by atoms with Crippen LogP contribution in [0, 0.1) is 5.82 Å². The zero-order chi connectivity index (χ0) is 26.6. The van der Waals surface area contributed by atoms with Gasteiger partial charge in [0.1, 0.15) is 12.4 Å². The lowest BCUT2D eigenvalue weighted by atomic mass is 10.0. The standard InChI is InChI=1S/C27H31FN2O5S2/c1-4-19(2)30(37(32,33)21-11-9-20(34-3)10-12-21)17-27(31)29-15-13-26-22(14-16-36-26)24(29)18-35-25-8-6-5-7-23(25)28/h5-12,14,16,19,24H,4,13,15,17-18H2,1-3H3/t19-,24+/m1/s1. The Kier molecular flexibility index (Phi) is 8.51. The normalized spacial score (nSPS) is 16.4. The van der Waals surface area contributed by atoms with Crippen molar-refractivity contribution in [2.75, 3.05) is 26.8 Å². The lowest BCUT2D eigenvalue weighted by molar-refractivity contribution is -0.135. The molecule has 2 aromatic carbocycles. The van der Waals surface area contributed by atoms with Crippen LogP contribution >= 0.6 is 11.3 Å². The van der Waals surface area contributed by atoms with Crippen molar-refractivity contribution in [1.29, 1.82) is 0 Å². The summed E-state index contributed by atoms with van der Waals surface area (Å²) in [6.45, 7) is 3.86. The number of thiophene rings is 1. The average molecular weight is 547 g/mol. The van der Waals surface area contributed by atoms with Gasteiger partial charge in [0, 0.05) is 17.5 Å². The number of sulfonamides is 1. The van der Waals surface area contributed by atoms with Crippen LogP contribution in [0.5, 0.6) is 11.5 Å². The van der Waals surface area contributed by atoms with E-state index in [-0.39, 0.29) is 29.7 Å². The van der Waals surface area contributed by atoms with E-state index >= 15 is 0 Å². The first-order valence-electron chi connectivity index (χ1n) is 12.1. The number of carbonyl (C=O) groups is 1. The van der Waals surface area contributed by atoms with Gasteiger partial charge in [-0.25, -0.2) is 12.8 Å². The summed E-state index contributed by atoms with van der Waals surface area (Å²) in [5.41, 5.74) is 0.953. The van der Waals surface area contributed by atoms with Crippen molar-refractivity contribution in [2.24, 2.45) is 0 Å². The highest BCUT2D eigenvalue weighted by molar-refractivity contribution is 7.89. The number of carbonyl (C=O) groups excluding carboxylic acids is 1. The number of hydrogen-bond acceptors (Lipinski definition) is 6. The predicted octanol–water partition coefficient (Wildman–Crippen LogP) is 4.89. The molecule has 0 spiro atoms. The highest BCUT2D eigenvalue weighted by Crippen LogP contribution is 2.34. The highest BCUT2D eigenvalue weighted by atomic mass is 32.2. The Hall–Kier alpha value is -2.95. The Morgan fingerprint density at radius 1 is 1.19 bits per heavy atom. The zero-order valence-corrected chi connectivity index (χ0v) is 22.7. The Labute approximate surface area is 221 Å². The molecule has 10 heteroatoms. The number of hydrogen-bond donors (Lipinski definition) is 0. The summed E-state index contributed by atoms with van der Waals surface area (Å²) in [7, 11) is -2.44. The van der Waals surface area contributed by atoms with Crippen LogP contribution in [0.3, 0.4) is 0 Å². The van der Waals surface area contributed by atoms with Gasteiger partial charge in [-0.1, -0.05) is 19.1 Å². The van der Waals surface area contributed by atoms with Gasteiger partial charge in [-0.2, -0.15) is 4.31 Å². The van der Waals surface area contributed by atoms with Crippen LogP contribution in [0.15, 0.2) is 64.9 Å². The summed E-state index contributed by atoms with van der Waals surface area (Å²) in [5, 5.41) is 1.97. The summed E-state index contributed by atoms with van der Waals surface area (Å²) in [6.07, 6.45) is 1.21. The first-order valence-corrected chi connectivity index (χ1v) is 14.5. The first-order chi connectivity index (χ1) is 17.8. The van der Waals surface area contributed by atoms with Crippen molar-refractivity contribution in [3.8, 4) is 11.5 Å². The third-order valence-corrected chi connectivity index (χ3v) is 9.66. The molecule has 3 aromatic rings. The second-order valence-electron chi connectivity index (χ2n) is 8.88. The second-order valence-corrected chi connectivity index (χ2v) is 11.8. The molecule has 0 saturated heterocycles. The van der Waals surface area contributed by atoms with Crippen LogP contribution in [0.1, 0.15) is 36.8 Å². The fourth-order valence-electron chi connectivity index (χ4n) is 4.39. The lowest BCUT2D eigenvalue weighted by Gasteiger charge is -2.37. The summed E-state index contributed by atoms with van der Waals surface area (Å²) in [6, 6.07) is 13.4. The fourth-order valence-corrected chi connectivity index (χ4v) is 6.98. The van der Waals surface area contributed by atoms with Crippen molar-refractivity contribution in [3.05, 3.63) is 76.2 Å². The van der Waals surface area contributed by atoms with Crippen molar-refractivity contribution >= 4 is 27.3 Å². The molecular formula is C27H31FN2O5S2. The Bertz CT molecular complexity index is 1330. The maximum absolute atomic E-state index is 14.2. The fraction of sp³-hybridized carbons (Fsp3) is 0.370. The molecule has 2 heterocycles. The number of nitrogens with zero attached hydrogens (tertiary/aromatic N) is 2. The predicted molar refractivity (Wildman–Crippen MR) is 141 cm³/mol. The molecule has 0 radical (unpaired) electrons. The van der Waals surface area contributed by atoms with Gasteiger partial charge in [0.2, 0.25) is 15.9 Å². The van der Waals surface area contributed by atoms with E-state index in [0.29, 0.717) is 25.1 Å². The first kappa shape index (κ1) is 27.1. The number of rotatable bonds is 10. The molecule has 0 fully saturated rings. The lowest BCUT2D eigenvalue weighted by Crippen LogP contribution is -2.49. The molecule has 0 unspecified atom stereocenters. The van der Waals surface area contributed by atoms with Gasteiger partial charge in [-0.3, -0.25) is 4.79 Å². The minimum atomic E-state index is -3.95. The molecule has 0 bridgehead atoms. The molecule has 1 aliphatic rings. The topological polar surface area (TPSA) is 76.2 Å². The summed E-state index contributed by atoms with van der Waals surface area (Å²) in [4.78, 5) is 16.6. The minimum Gasteiger partial charge on any atom is -0.497 e. The Morgan fingerprint density at radius 3 is 2.59 bits per heavy atom. The van der Waals surface area contributed by atoms with Crippen LogP contribution in [-0.4, -0.2) is 56.4 Å². The number of fused-ring (bicyclic) bond motifs is 1. The van der Waals surface area contributed by atoms with Gasteiger partial charge in [0.05, 0.1) is 24.6 Å². The smallest absolute Gasteiger partial charge is 0.243 e. The average Bonchev–Trinajstić information content (AvgIpc) is 3.39. The number of ether oxygens (including phenoxy) is 2. The number of halogens is 1. The molecule has 0 N–H and O–H groups in total. The van der Waals surface area contributed by atoms with Crippen LogP contribution in [0.2, 0.25) is 0 Å². The summed E-state index contributed by atoms with van der Waals surface area (Å²) in [5.74, 6) is -0.144. The maximum atomic E-state index is 14.2. The van der Waals surface area contributed by atoms with Gasteiger partial charge in [-0.05, 0) is 73.2 Å². The Balaban J connectivity index is 1.59. The third-order valence-electron chi connectivity index (χ3n) is 6.69. The molecule has 0 saturated carbocycles. The SMILES string of the molecule is CC[C@@H](C)N(CC(=O)N1CCc2sccc2[C@@H]1COc1ccccc1F)S(=O)(=O)c1ccc(OC)cc1. The minimum absolute atomic E-state index is 0.0605. The van der Waals surface area contributed by atoms with E-state index < -0.39 is 27.9 Å². The molecule has 4 rings (SSSR count). The van der Waals surface area contributed by atoms with Gasteiger partial charge in [0.25, 0.3) is 0 Å². The van der Waals surface area contributed by atoms with Crippen LogP contribution in [0.4, 0.5) is 4.39 Å². The Morgan fingerprint density at radius 2 is 1.92 bits per heavy atom. The van der Waals surface area contributed by atoms with E-state index in [1.807, 2.05) is 18.4 Å². The molecule has 37 heavy (non-hydrogen) atoms. The van der Waals surface area contributed by atoms with Gasteiger partial charge < -0.3 is 14.4 Å². The third kappa shape index (κ3) is 5.81. The van der Waals surface area contributed by atoms with E-state index in [9.17, 15) is 17.6 Å². The summed E-state index contributed by atoms with van der Waals surface area (Å²) >= 11 is 1.61.